The van der Waals surface area contributed by atoms with Crippen molar-refractivity contribution in [3.05, 3.63) is 38.8 Å². The zero-order valence-electron chi connectivity index (χ0n) is 9.14. The molecule has 15 heavy (non-hydrogen) atoms. The predicted octanol–water partition coefficient (Wildman–Crippen LogP) is 4.11. The quantitative estimate of drug-likeness (QED) is 0.882. The topological polar surface area (TPSA) is 12.0 Å². The van der Waals surface area contributed by atoms with Gasteiger partial charge in [0, 0.05) is 10.5 Å². The van der Waals surface area contributed by atoms with Gasteiger partial charge < -0.3 is 5.32 Å². The van der Waals surface area contributed by atoms with E-state index >= 15 is 0 Å². The number of nitrogens with one attached hydrogen (secondary N) is 1. The van der Waals surface area contributed by atoms with Crippen LogP contribution in [0, 0.1) is 0 Å². The normalized spacial score (nSPS) is 14.1. The lowest BCUT2D eigenvalue weighted by Gasteiger charge is -2.10. The molecule has 0 heterocycles. The third-order valence-corrected chi connectivity index (χ3v) is 3.69. The van der Waals surface area contributed by atoms with E-state index < -0.39 is 0 Å². The molecule has 0 amide bonds. The molecule has 0 aliphatic heterocycles. The van der Waals surface area contributed by atoms with E-state index in [9.17, 15) is 0 Å². The zero-order chi connectivity index (χ0) is 11.4. The molecule has 1 unspecified atom stereocenters. The lowest BCUT2D eigenvalue weighted by molar-refractivity contribution is 0.696. The van der Waals surface area contributed by atoms with Crippen LogP contribution in [0.3, 0.4) is 0 Å². The molecule has 0 radical (unpaired) electrons. The summed E-state index contributed by atoms with van der Waals surface area (Å²) >= 11 is 9.39. The van der Waals surface area contributed by atoms with E-state index in [0.29, 0.717) is 6.04 Å². The molecule has 1 atom stereocenters. The molecular weight excluding hydrogens is 273 g/mol. The van der Waals surface area contributed by atoms with Crippen molar-refractivity contribution >= 4 is 33.6 Å². The van der Waals surface area contributed by atoms with E-state index in [1.54, 1.807) is 0 Å². The summed E-state index contributed by atoms with van der Waals surface area (Å²) in [6.07, 6.45) is 2.14. The average Bonchev–Trinajstić information content (AvgIpc) is 2.22. The van der Waals surface area contributed by atoms with Gasteiger partial charge in [0.2, 0.25) is 0 Å². The van der Waals surface area contributed by atoms with Gasteiger partial charge in [-0.25, -0.2) is 0 Å². The molecule has 0 bridgehead atoms. The SMILES string of the molecule is CNC(C)/C(C)=C/c1ccc(Br)c(Cl)c1. The number of halogens is 2. The molecule has 1 rings (SSSR count). The highest BCUT2D eigenvalue weighted by atomic mass is 79.9. The molecule has 0 saturated heterocycles. The Hall–Kier alpha value is -0.310. The van der Waals surface area contributed by atoms with Gasteiger partial charge in [-0.05, 0) is 54.5 Å². The smallest absolute Gasteiger partial charge is 0.0554 e. The Morgan fingerprint density at radius 2 is 2.20 bits per heavy atom. The van der Waals surface area contributed by atoms with Crippen LogP contribution >= 0.6 is 27.5 Å². The Kier molecular flexibility index (Phi) is 4.84. The summed E-state index contributed by atoms with van der Waals surface area (Å²) in [7, 11) is 1.95. The molecule has 82 valence electrons. The van der Waals surface area contributed by atoms with E-state index in [1.807, 2.05) is 25.2 Å². The minimum Gasteiger partial charge on any atom is -0.314 e. The van der Waals surface area contributed by atoms with Gasteiger partial charge in [0.1, 0.15) is 0 Å². The highest BCUT2D eigenvalue weighted by molar-refractivity contribution is 9.10. The summed E-state index contributed by atoms with van der Waals surface area (Å²) < 4.78 is 0.931. The van der Waals surface area contributed by atoms with Crippen LogP contribution in [0.2, 0.25) is 5.02 Å². The van der Waals surface area contributed by atoms with E-state index in [0.717, 1.165) is 15.1 Å². The molecule has 1 N–H and O–H groups in total. The van der Waals surface area contributed by atoms with Crippen molar-refractivity contribution in [3.8, 4) is 0 Å². The Morgan fingerprint density at radius 1 is 1.53 bits per heavy atom. The zero-order valence-corrected chi connectivity index (χ0v) is 11.5. The monoisotopic (exact) mass is 287 g/mol. The van der Waals surface area contributed by atoms with Crippen LogP contribution in [0.1, 0.15) is 19.4 Å². The second kappa shape index (κ2) is 5.69. The van der Waals surface area contributed by atoms with Crippen molar-refractivity contribution in [2.75, 3.05) is 7.05 Å². The minimum absolute atomic E-state index is 0.382. The van der Waals surface area contributed by atoms with E-state index in [-0.39, 0.29) is 0 Å². The Morgan fingerprint density at radius 3 is 2.73 bits per heavy atom. The minimum atomic E-state index is 0.382. The van der Waals surface area contributed by atoms with E-state index in [1.165, 1.54) is 5.57 Å². The van der Waals surface area contributed by atoms with Crippen molar-refractivity contribution in [2.45, 2.75) is 19.9 Å². The fourth-order valence-electron chi connectivity index (χ4n) is 1.22. The highest BCUT2D eigenvalue weighted by Gasteiger charge is 2.01. The summed E-state index contributed by atoms with van der Waals surface area (Å²) in [5, 5.41) is 3.94. The van der Waals surface area contributed by atoms with Crippen molar-refractivity contribution in [2.24, 2.45) is 0 Å². The summed E-state index contributed by atoms with van der Waals surface area (Å²) in [5.74, 6) is 0. The average molecular weight is 289 g/mol. The second-order valence-electron chi connectivity index (χ2n) is 3.57. The number of rotatable bonds is 3. The molecule has 0 fully saturated rings. The largest absolute Gasteiger partial charge is 0.314 e. The molecule has 3 heteroatoms. The van der Waals surface area contributed by atoms with Gasteiger partial charge in [-0.3, -0.25) is 0 Å². The lowest BCUT2D eigenvalue weighted by Crippen LogP contribution is -2.21. The van der Waals surface area contributed by atoms with Gasteiger partial charge in [-0.2, -0.15) is 0 Å². The maximum atomic E-state index is 6.02. The first-order chi connectivity index (χ1) is 7.04. The maximum Gasteiger partial charge on any atom is 0.0554 e. The van der Waals surface area contributed by atoms with Crippen molar-refractivity contribution < 1.29 is 0 Å². The third kappa shape index (κ3) is 3.63. The Labute approximate surface area is 105 Å². The van der Waals surface area contributed by atoms with Gasteiger partial charge in [0.15, 0.2) is 0 Å². The van der Waals surface area contributed by atoms with Crippen LogP contribution < -0.4 is 5.32 Å². The maximum absolute atomic E-state index is 6.02. The Bertz CT molecular complexity index is 374. The van der Waals surface area contributed by atoms with Gasteiger partial charge >= 0.3 is 0 Å². The van der Waals surface area contributed by atoms with Crippen LogP contribution in [-0.2, 0) is 0 Å². The van der Waals surface area contributed by atoms with Crippen LogP contribution in [0.5, 0.6) is 0 Å². The standard InChI is InChI=1S/C12H15BrClN/c1-8(9(2)15-3)6-10-4-5-11(13)12(14)7-10/h4-7,9,15H,1-3H3/b8-6+. The molecule has 0 aliphatic carbocycles. The number of hydrogen-bond donors (Lipinski definition) is 1. The molecule has 0 spiro atoms. The van der Waals surface area contributed by atoms with Gasteiger partial charge in [-0.15, -0.1) is 0 Å². The first-order valence-electron chi connectivity index (χ1n) is 4.85. The van der Waals surface area contributed by atoms with Crippen molar-refractivity contribution in [1.29, 1.82) is 0 Å². The molecule has 1 aromatic carbocycles. The van der Waals surface area contributed by atoms with Crippen molar-refractivity contribution in [3.63, 3.8) is 0 Å². The summed E-state index contributed by atoms with van der Waals surface area (Å²) in [6.45, 7) is 4.24. The molecule has 1 nitrogen and oxygen atoms in total. The van der Waals surface area contributed by atoms with Crippen molar-refractivity contribution in [1.82, 2.24) is 5.32 Å². The lowest BCUT2D eigenvalue weighted by atomic mass is 10.1. The molecule has 0 aromatic heterocycles. The van der Waals surface area contributed by atoms with E-state index in [4.69, 9.17) is 11.6 Å². The Balaban J connectivity index is 2.93. The van der Waals surface area contributed by atoms with Gasteiger partial charge in [-0.1, -0.05) is 29.3 Å². The predicted molar refractivity (Wildman–Crippen MR) is 71.3 cm³/mol. The fourth-order valence-corrected chi connectivity index (χ4v) is 1.65. The number of likely N-dealkylation sites (N-methyl/N-ethyl adjacent to an activating group) is 1. The third-order valence-electron chi connectivity index (χ3n) is 2.45. The molecular formula is C12H15BrClN. The summed E-state index contributed by atoms with van der Waals surface area (Å²) in [6, 6.07) is 6.35. The first-order valence-corrected chi connectivity index (χ1v) is 6.02. The van der Waals surface area contributed by atoms with Gasteiger partial charge in [0.25, 0.3) is 0 Å². The number of hydrogen-bond acceptors (Lipinski definition) is 1. The second-order valence-corrected chi connectivity index (χ2v) is 4.83. The van der Waals surface area contributed by atoms with E-state index in [2.05, 4.69) is 41.2 Å². The molecule has 1 aromatic rings. The highest BCUT2D eigenvalue weighted by Crippen LogP contribution is 2.24. The van der Waals surface area contributed by atoms with Gasteiger partial charge in [0.05, 0.1) is 5.02 Å². The first kappa shape index (κ1) is 12.8. The van der Waals surface area contributed by atoms with Crippen LogP contribution in [0.4, 0.5) is 0 Å². The molecule has 0 saturated carbocycles. The van der Waals surface area contributed by atoms with Crippen LogP contribution in [0.25, 0.3) is 6.08 Å². The van der Waals surface area contributed by atoms with Crippen LogP contribution in [0.15, 0.2) is 28.2 Å². The van der Waals surface area contributed by atoms with Crippen LogP contribution in [-0.4, -0.2) is 13.1 Å². The fraction of sp³-hybridized carbons (Fsp3) is 0.333. The molecule has 0 aliphatic rings. The number of benzene rings is 1. The summed E-state index contributed by atoms with van der Waals surface area (Å²) in [5.41, 5.74) is 2.42. The summed E-state index contributed by atoms with van der Waals surface area (Å²) in [4.78, 5) is 0.